The second kappa shape index (κ2) is 7.20. The Balaban J connectivity index is 1.22. The standard InChI is InChI=1S/C22H31NO2/c1-14(22(25)15-5-3-2-4-6-15)23-10-9-21(24)18-12-19-16-7-8-17(11-16)20(19)13-18/h2-6,14,16-20,22-23,25H,7-13H2,1H3. The van der Waals surface area contributed by atoms with E-state index in [0.717, 1.165) is 42.1 Å². The summed E-state index contributed by atoms with van der Waals surface area (Å²) in [5.74, 6) is 4.36. The first-order chi connectivity index (χ1) is 12.1. The van der Waals surface area contributed by atoms with Gasteiger partial charge in [-0.15, -0.1) is 0 Å². The summed E-state index contributed by atoms with van der Waals surface area (Å²) in [7, 11) is 0. The molecule has 0 spiro atoms. The third-order valence-electron chi connectivity index (χ3n) is 7.30. The van der Waals surface area contributed by atoms with E-state index in [2.05, 4.69) is 5.32 Å². The van der Waals surface area contributed by atoms with Crippen molar-refractivity contribution in [1.29, 1.82) is 0 Å². The average Bonchev–Trinajstić information content (AvgIpc) is 3.34. The molecule has 2 bridgehead atoms. The number of hydrogen-bond donors (Lipinski definition) is 2. The number of aliphatic hydroxyl groups excluding tert-OH is 1. The van der Waals surface area contributed by atoms with E-state index in [4.69, 9.17) is 0 Å². The first-order valence-corrected chi connectivity index (χ1v) is 10.1. The lowest BCUT2D eigenvalue weighted by atomic mass is 9.82. The highest BCUT2D eigenvalue weighted by molar-refractivity contribution is 5.81. The van der Waals surface area contributed by atoms with Gasteiger partial charge in [-0.1, -0.05) is 30.3 Å². The van der Waals surface area contributed by atoms with E-state index < -0.39 is 6.10 Å². The molecule has 0 aliphatic heterocycles. The number of fused-ring (bicyclic) bond motifs is 5. The van der Waals surface area contributed by atoms with Gasteiger partial charge in [0.15, 0.2) is 0 Å². The number of nitrogens with one attached hydrogen (secondary N) is 1. The first-order valence-electron chi connectivity index (χ1n) is 10.1. The summed E-state index contributed by atoms with van der Waals surface area (Å²) in [4.78, 5) is 12.6. The first kappa shape index (κ1) is 17.2. The molecule has 136 valence electrons. The molecule has 0 heterocycles. The third kappa shape index (κ3) is 3.41. The van der Waals surface area contributed by atoms with Crippen LogP contribution in [0, 0.1) is 29.6 Å². The summed E-state index contributed by atoms with van der Waals surface area (Å²) in [6.07, 6.45) is 6.68. The van der Waals surface area contributed by atoms with E-state index in [1.807, 2.05) is 37.3 Å². The van der Waals surface area contributed by atoms with Crippen LogP contribution < -0.4 is 5.32 Å². The Morgan fingerprint density at radius 2 is 1.76 bits per heavy atom. The second-order valence-corrected chi connectivity index (χ2v) is 8.64. The summed E-state index contributed by atoms with van der Waals surface area (Å²) in [6.45, 7) is 2.66. The molecule has 3 aliphatic carbocycles. The monoisotopic (exact) mass is 341 g/mol. The van der Waals surface area contributed by atoms with Crippen LogP contribution in [-0.4, -0.2) is 23.5 Å². The normalized spacial score (nSPS) is 35.5. The molecule has 0 amide bonds. The fraction of sp³-hybridized carbons (Fsp3) is 0.682. The van der Waals surface area contributed by atoms with Crippen molar-refractivity contribution in [2.24, 2.45) is 29.6 Å². The van der Waals surface area contributed by atoms with Gasteiger partial charge in [0.05, 0.1) is 6.10 Å². The molecule has 0 radical (unpaired) electrons. The lowest BCUT2D eigenvalue weighted by Crippen LogP contribution is -2.34. The Hall–Kier alpha value is -1.19. The van der Waals surface area contributed by atoms with Crippen molar-refractivity contribution in [3.63, 3.8) is 0 Å². The summed E-state index contributed by atoms with van der Waals surface area (Å²) in [5, 5.41) is 13.7. The summed E-state index contributed by atoms with van der Waals surface area (Å²) in [6, 6.07) is 9.68. The third-order valence-corrected chi connectivity index (χ3v) is 7.30. The smallest absolute Gasteiger partial charge is 0.137 e. The highest BCUT2D eigenvalue weighted by Gasteiger charge is 2.52. The number of ketones is 1. The van der Waals surface area contributed by atoms with E-state index in [0.29, 0.717) is 24.7 Å². The van der Waals surface area contributed by atoms with Crippen LogP contribution >= 0.6 is 0 Å². The molecule has 3 heteroatoms. The minimum atomic E-state index is -0.530. The van der Waals surface area contributed by atoms with Gasteiger partial charge in [0, 0.05) is 24.9 Å². The van der Waals surface area contributed by atoms with Crippen molar-refractivity contribution in [2.75, 3.05) is 6.54 Å². The molecule has 1 aromatic carbocycles. The van der Waals surface area contributed by atoms with Crippen molar-refractivity contribution in [3.05, 3.63) is 35.9 Å². The molecular weight excluding hydrogens is 310 g/mol. The van der Waals surface area contributed by atoms with Crippen LogP contribution in [0.5, 0.6) is 0 Å². The quantitative estimate of drug-likeness (QED) is 0.794. The predicted octanol–water partition coefficient (Wildman–Crippen LogP) is 3.73. The Bertz CT molecular complexity index is 583. The molecule has 4 rings (SSSR count). The molecule has 6 unspecified atom stereocenters. The number of carbonyl (C=O) groups is 1. The van der Waals surface area contributed by atoms with Crippen LogP contribution in [0.4, 0.5) is 0 Å². The number of hydrogen-bond acceptors (Lipinski definition) is 3. The topological polar surface area (TPSA) is 49.3 Å². The van der Waals surface area contributed by atoms with Gasteiger partial charge in [-0.05, 0) is 68.3 Å². The van der Waals surface area contributed by atoms with Crippen LogP contribution in [0.2, 0.25) is 0 Å². The SMILES string of the molecule is CC(NCCC(=O)C1CC2C3CCC(C3)C2C1)C(O)c1ccccc1. The maximum atomic E-state index is 12.6. The van der Waals surface area contributed by atoms with Crippen LogP contribution in [0.15, 0.2) is 30.3 Å². The van der Waals surface area contributed by atoms with E-state index in [-0.39, 0.29) is 6.04 Å². The Labute approximate surface area is 151 Å². The minimum absolute atomic E-state index is 0.0472. The molecule has 0 aromatic heterocycles. The molecule has 6 atom stereocenters. The lowest BCUT2D eigenvalue weighted by Gasteiger charge is -2.23. The summed E-state index contributed by atoms with van der Waals surface area (Å²) < 4.78 is 0. The molecule has 3 fully saturated rings. The highest BCUT2D eigenvalue weighted by atomic mass is 16.3. The predicted molar refractivity (Wildman–Crippen MR) is 99.0 cm³/mol. The molecule has 2 N–H and O–H groups in total. The van der Waals surface area contributed by atoms with Crippen molar-refractivity contribution in [3.8, 4) is 0 Å². The minimum Gasteiger partial charge on any atom is -0.387 e. The maximum absolute atomic E-state index is 12.6. The average molecular weight is 341 g/mol. The lowest BCUT2D eigenvalue weighted by molar-refractivity contribution is -0.122. The number of aliphatic hydroxyl groups is 1. The maximum Gasteiger partial charge on any atom is 0.137 e. The zero-order valence-electron chi connectivity index (χ0n) is 15.2. The molecule has 3 nitrogen and oxygen atoms in total. The van der Waals surface area contributed by atoms with Gasteiger partial charge in [0.2, 0.25) is 0 Å². The van der Waals surface area contributed by atoms with Gasteiger partial charge in [-0.3, -0.25) is 4.79 Å². The number of benzene rings is 1. The zero-order chi connectivity index (χ0) is 17.4. The molecule has 3 saturated carbocycles. The Kier molecular flexibility index (Phi) is 4.97. The Morgan fingerprint density at radius 3 is 2.40 bits per heavy atom. The van der Waals surface area contributed by atoms with Crippen molar-refractivity contribution in [1.82, 2.24) is 5.32 Å². The van der Waals surface area contributed by atoms with E-state index in [1.54, 1.807) is 0 Å². The van der Waals surface area contributed by atoms with E-state index >= 15 is 0 Å². The molecule has 0 saturated heterocycles. The van der Waals surface area contributed by atoms with Crippen molar-refractivity contribution < 1.29 is 9.90 Å². The van der Waals surface area contributed by atoms with Crippen LogP contribution in [0.3, 0.4) is 0 Å². The fourth-order valence-corrected chi connectivity index (χ4v) is 5.96. The van der Waals surface area contributed by atoms with Crippen molar-refractivity contribution >= 4 is 5.78 Å². The van der Waals surface area contributed by atoms with Gasteiger partial charge in [-0.2, -0.15) is 0 Å². The van der Waals surface area contributed by atoms with Crippen molar-refractivity contribution in [2.45, 2.75) is 57.6 Å². The van der Waals surface area contributed by atoms with Gasteiger partial charge in [0.25, 0.3) is 0 Å². The van der Waals surface area contributed by atoms with Gasteiger partial charge in [-0.25, -0.2) is 0 Å². The van der Waals surface area contributed by atoms with Gasteiger partial charge < -0.3 is 10.4 Å². The van der Waals surface area contributed by atoms with Crippen LogP contribution in [0.25, 0.3) is 0 Å². The summed E-state index contributed by atoms with van der Waals surface area (Å²) in [5.41, 5.74) is 0.924. The largest absolute Gasteiger partial charge is 0.387 e. The number of Topliss-reactive ketones (excluding diaryl/α,β-unsaturated/α-hetero) is 1. The van der Waals surface area contributed by atoms with Gasteiger partial charge >= 0.3 is 0 Å². The molecule has 25 heavy (non-hydrogen) atoms. The molecule has 1 aromatic rings. The van der Waals surface area contributed by atoms with E-state index in [9.17, 15) is 9.90 Å². The zero-order valence-corrected chi connectivity index (χ0v) is 15.2. The molecular formula is C22H31NO2. The number of carbonyl (C=O) groups excluding carboxylic acids is 1. The van der Waals surface area contributed by atoms with Crippen LogP contribution in [0.1, 0.15) is 57.1 Å². The summed E-state index contributed by atoms with van der Waals surface area (Å²) >= 11 is 0. The van der Waals surface area contributed by atoms with Gasteiger partial charge in [0.1, 0.15) is 5.78 Å². The highest BCUT2D eigenvalue weighted by Crippen LogP contribution is 2.60. The van der Waals surface area contributed by atoms with Crippen LogP contribution in [-0.2, 0) is 4.79 Å². The Morgan fingerprint density at radius 1 is 1.12 bits per heavy atom. The fourth-order valence-electron chi connectivity index (χ4n) is 5.96. The second-order valence-electron chi connectivity index (χ2n) is 8.64. The number of rotatable bonds is 7. The van der Waals surface area contributed by atoms with E-state index in [1.165, 1.54) is 19.3 Å². The molecule has 3 aliphatic rings.